The molecular weight excluding hydrogens is 466 g/mol. The number of hydrogen-bond acceptors (Lipinski definition) is 6. The Morgan fingerprint density at radius 1 is 1.19 bits per heavy atom. The molecular formula is C17H17Br2N5O2. The van der Waals surface area contributed by atoms with Crippen LogP contribution in [0.5, 0.6) is 5.75 Å². The third-order valence-electron chi connectivity index (χ3n) is 4.36. The third kappa shape index (κ3) is 3.43. The molecule has 3 heterocycles. The van der Waals surface area contributed by atoms with Crippen LogP contribution >= 0.6 is 31.9 Å². The summed E-state index contributed by atoms with van der Waals surface area (Å²) in [6, 6.07) is 3.72. The highest BCUT2D eigenvalue weighted by Crippen LogP contribution is 2.33. The molecule has 1 saturated heterocycles. The Labute approximate surface area is 167 Å². The van der Waals surface area contributed by atoms with Crippen LogP contribution in [0.15, 0.2) is 33.7 Å². The van der Waals surface area contributed by atoms with Crippen molar-refractivity contribution in [3.63, 3.8) is 0 Å². The maximum atomic E-state index is 9.82. The fourth-order valence-electron chi connectivity index (χ4n) is 3.04. The molecule has 136 valence electrons. The molecule has 9 heteroatoms. The van der Waals surface area contributed by atoms with Gasteiger partial charge in [-0.1, -0.05) is 0 Å². The molecule has 2 N–H and O–H groups in total. The van der Waals surface area contributed by atoms with Crippen LogP contribution in [0, 0.1) is 0 Å². The highest BCUT2D eigenvalue weighted by atomic mass is 79.9. The largest absolute Gasteiger partial charge is 0.506 e. The first-order valence-electron chi connectivity index (χ1n) is 8.33. The first-order valence-corrected chi connectivity index (χ1v) is 9.92. The van der Waals surface area contributed by atoms with E-state index in [0.29, 0.717) is 21.3 Å². The Kier molecular flexibility index (Phi) is 5.10. The number of ether oxygens (including phenoxy) is 1. The molecule has 0 amide bonds. The molecule has 26 heavy (non-hydrogen) atoms. The van der Waals surface area contributed by atoms with Crippen LogP contribution in [0.25, 0.3) is 11.2 Å². The number of fused-ring (bicyclic) bond motifs is 1. The number of anilines is 1. The molecule has 4 rings (SSSR count). The van der Waals surface area contributed by atoms with Gasteiger partial charge in [0.25, 0.3) is 0 Å². The van der Waals surface area contributed by atoms with Gasteiger partial charge in [0.1, 0.15) is 18.3 Å². The quantitative estimate of drug-likeness (QED) is 0.574. The van der Waals surface area contributed by atoms with Gasteiger partial charge >= 0.3 is 0 Å². The standard InChI is InChI=1S/C17H17Br2N5O2/c18-11-5-10(6-12(19)15(11)25)7-20-16-14-17(22-8-21-16)24(9-23-14)13-3-1-2-4-26-13/h5-6,8-9,13,25H,1-4,7H2,(H,20,21,22). The topological polar surface area (TPSA) is 85.1 Å². The molecule has 0 spiro atoms. The summed E-state index contributed by atoms with van der Waals surface area (Å²) < 4.78 is 9.10. The molecule has 1 aromatic carbocycles. The number of benzene rings is 1. The van der Waals surface area contributed by atoms with E-state index in [9.17, 15) is 5.11 Å². The van der Waals surface area contributed by atoms with Gasteiger partial charge in [-0.2, -0.15) is 0 Å². The third-order valence-corrected chi connectivity index (χ3v) is 5.57. The molecule has 1 aliphatic rings. The van der Waals surface area contributed by atoms with E-state index in [2.05, 4.69) is 52.1 Å². The predicted molar refractivity (Wildman–Crippen MR) is 105 cm³/mol. The van der Waals surface area contributed by atoms with E-state index < -0.39 is 0 Å². The highest BCUT2D eigenvalue weighted by Gasteiger charge is 2.20. The Morgan fingerprint density at radius 3 is 2.73 bits per heavy atom. The lowest BCUT2D eigenvalue weighted by molar-refractivity contribution is -0.0298. The highest BCUT2D eigenvalue weighted by molar-refractivity contribution is 9.11. The van der Waals surface area contributed by atoms with E-state index in [-0.39, 0.29) is 12.0 Å². The number of hydrogen-bond donors (Lipinski definition) is 2. The van der Waals surface area contributed by atoms with Crippen molar-refractivity contribution in [2.24, 2.45) is 0 Å². The van der Waals surface area contributed by atoms with Crippen LogP contribution in [0.1, 0.15) is 31.1 Å². The first kappa shape index (κ1) is 17.7. The number of nitrogens with zero attached hydrogens (tertiary/aromatic N) is 4. The monoisotopic (exact) mass is 481 g/mol. The summed E-state index contributed by atoms with van der Waals surface area (Å²) in [5.41, 5.74) is 2.48. The molecule has 0 bridgehead atoms. The van der Waals surface area contributed by atoms with Gasteiger partial charge in [0.15, 0.2) is 17.0 Å². The van der Waals surface area contributed by atoms with Gasteiger partial charge in [0.2, 0.25) is 0 Å². The number of halogens is 2. The Morgan fingerprint density at radius 2 is 2.00 bits per heavy atom. The number of phenolic OH excluding ortho intramolecular Hbond substituents is 1. The summed E-state index contributed by atoms with van der Waals surface area (Å²) in [6.45, 7) is 1.31. The Hall–Kier alpha value is -1.71. The molecule has 1 aliphatic heterocycles. The summed E-state index contributed by atoms with van der Waals surface area (Å²) in [4.78, 5) is 13.2. The van der Waals surface area contributed by atoms with Crippen molar-refractivity contribution >= 4 is 48.8 Å². The van der Waals surface area contributed by atoms with Gasteiger partial charge in [0.05, 0.1) is 15.3 Å². The molecule has 7 nitrogen and oxygen atoms in total. The van der Waals surface area contributed by atoms with Crippen LogP contribution in [0.3, 0.4) is 0 Å². The summed E-state index contributed by atoms with van der Waals surface area (Å²) in [6.07, 6.45) is 6.50. The molecule has 2 aromatic heterocycles. The van der Waals surface area contributed by atoms with Crippen LogP contribution in [-0.4, -0.2) is 31.2 Å². The fourth-order valence-corrected chi connectivity index (χ4v) is 4.32. The molecule has 0 aliphatic carbocycles. The lowest BCUT2D eigenvalue weighted by Gasteiger charge is -2.23. The lowest BCUT2D eigenvalue weighted by Crippen LogP contribution is -2.17. The van der Waals surface area contributed by atoms with E-state index in [4.69, 9.17) is 4.74 Å². The second-order valence-corrected chi connectivity index (χ2v) is 7.84. The maximum Gasteiger partial charge on any atom is 0.167 e. The average molecular weight is 483 g/mol. The van der Waals surface area contributed by atoms with Gasteiger partial charge < -0.3 is 15.2 Å². The van der Waals surface area contributed by atoms with Crippen LogP contribution < -0.4 is 5.32 Å². The average Bonchev–Trinajstić information content (AvgIpc) is 3.09. The number of imidazole rings is 1. The zero-order chi connectivity index (χ0) is 18.1. The SMILES string of the molecule is Oc1c(Br)cc(CNc2ncnc3c2ncn3C2CCCCO2)cc1Br. The van der Waals surface area contributed by atoms with Crippen molar-refractivity contribution in [1.29, 1.82) is 0 Å². The van der Waals surface area contributed by atoms with E-state index in [1.54, 1.807) is 6.33 Å². The molecule has 3 aromatic rings. The first-order chi connectivity index (χ1) is 12.6. The van der Waals surface area contributed by atoms with E-state index >= 15 is 0 Å². The van der Waals surface area contributed by atoms with E-state index in [0.717, 1.165) is 42.6 Å². The van der Waals surface area contributed by atoms with Gasteiger partial charge in [-0.15, -0.1) is 0 Å². The summed E-state index contributed by atoms with van der Waals surface area (Å²) in [5, 5.41) is 13.1. The van der Waals surface area contributed by atoms with Crippen molar-refractivity contribution in [2.45, 2.75) is 32.0 Å². The zero-order valence-corrected chi connectivity index (χ0v) is 17.0. The van der Waals surface area contributed by atoms with Crippen molar-refractivity contribution in [1.82, 2.24) is 19.5 Å². The van der Waals surface area contributed by atoms with Gasteiger partial charge in [-0.25, -0.2) is 15.0 Å². The molecule has 0 radical (unpaired) electrons. The number of nitrogens with one attached hydrogen (secondary N) is 1. The molecule has 1 unspecified atom stereocenters. The maximum absolute atomic E-state index is 9.82. The van der Waals surface area contributed by atoms with Crippen LogP contribution in [0.2, 0.25) is 0 Å². The summed E-state index contributed by atoms with van der Waals surface area (Å²) >= 11 is 6.69. The molecule has 1 fully saturated rings. The number of aromatic nitrogens is 4. The number of rotatable bonds is 4. The molecule has 0 saturated carbocycles. The van der Waals surface area contributed by atoms with E-state index in [1.807, 2.05) is 16.7 Å². The summed E-state index contributed by atoms with van der Waals surface area (Å²) in [7, 11) is 0. The van der Waals surface area contributed by atoms with E-state index in [1.165, 1.54) is 6.33 Å². The minimum Gasteiger partial charge on any atom is -0.506 e. The normalized spacial score (nSPS) is 17.5. The zero-order valence-electron chi connectivity index (χ0n) is 13.8. The summed E-state index contributed by atoms with van der Waals surface area (Å²) in [5.74, 6) is 0.856. The number of phenols is 1. The van der Waals surface area contributed by atoms with Crippen molar-refractivity contribution in [2.75, 3.05) is 11.9 Å². The van der Waals surface area contributed by atoms with Crippen molar-refractivity contribution in [3.05, 3.63) is 39.3 Å². The van der Waals surface area contributed by atoms with Crippen LogP contribution in [0.4, 0.5) is 5.82 Å². The predicted octanol–water partition coefficient (Wildman–Crippen LogP) is 4.37. The minimum absolute atomic E-state index is 0.0134. The smallest absolute Gasteiger partial charge is 0.167 e. The molecule has 1 atom stereocenters. The van der Waals surface area contributed by atoms with Gasteiger partial charge in [0, 0.05) is 13.2 Å². The van der Waals surface area contributed by atoms with Gasteiger partial charge in [-0.05, 0) is 68.8 Å². The second-order valence-electron chi connectivity index (χ2n) is 6.13. The van der Waals surface area contributed by atoms with Crippen molar-refractivity contribution in [3.8, 4) is 5.75 Å². The van der Waals surface area contributed by atoms with Crippen molar-refractivity contribution < 1.29 is 9.84 Å². The Balaban J connectivity index is 1.58. The minimum atomic E-state index is -0.0134. The second kappa shape index (κ2) is 7.50. The fraction of sp³-hybridized carbons (Fsp3) is 0.353. The lowest BCUT2D eigenvalue weighted by atomic mass is 10.2. The van der Waals surface area contributed by atoms with Gasteiger partial charge in [-0.3, -0.25) is 4.57 Å². The Bertz CT molecular complexity index is 917. The van der Waals surface area contributed by atoms with Crippen LogP contribution in [-0.2, 0) is 11.3 Å². The number of aromatic hydroxyl groups is 1.